The summed E-state index contributed by atoms with van der Waals surface area (Å²) in [5, 5.41) is 3.69. The summed E-state index contributed by atoms with van der Waals surface area (Å²) < 4.78 is 0. The smallest absolute Gasteiger partial charge is 0.0429 e. The number of rotatable bonds is 2. The van der Waals surface area contributed by atoms with Crippen LogP contribution in [-0.2, 0) is 0 Å². The number of benzene rings is 1. The maximum atomic E-state index is 5.98. The highest BCUT2D eigenvalue weighted by atomic mass is 15.2. The summed E-state index contributed by atoms with van der Waals surface area (Å²) in [5.74, 6) is 0. The number of fused-ring (bicyclic) bond motifs is 1. The molecule has 98 valence electrons. The van der Waals surface area contributed by atoms with Crippen LogP contribution in [-0.4, -0.2) is 30.1 Å². The fraction of sp³-hybridized carbons (Fsp3) is 0.600. The van der Waals surface area contributed by atoms with E-state index in [1.165, 1.54) is 44.5 Å². The molecule has 1 aromatic carbocycles. The van der Waals surface area contributed by atoms with E-state index in [1.807, 2.05) is 0 Å². The second-order valence-corrected chi connectivity index (χ2v) is 5.71. The Morgan fingerprint density at radius 2 is 2.11 bits per heavy atom. The molecule has 3 rings (SSSR count). The summed E-state index contributed by atoms with van der Waals surface area (Å²) in [6.07, 6.45) is 5.37. The Bertz CT molecular complexity index is 430. The number of hydrogen-bond donors (Lipinski definition) is 2. The number of nitrogens with one attached hydrogen (secondary N) is 1. The number of aryl methyl sites for hydroxylation is 1. The first kappa shape index (κ1) is 11.8. The van der Waals surface area contributed by atoms with E-state index in [0.717, 1.165) is 17.3 Å². The molecule has 0 saturated carbocycles. The van der Waals surface area contributed by atoms with Gasteiger partial charge in [0.1, 0.15) is 0 Å². The average molecular weight is 245 g/mol. The van der Waals surface area contributed by atoms with Crippen LogP contribution in [0, 0.1) is 6.92 Å². The van der Waals surface area contributed by atoms with E-state index in [0.29, 0.717) is 6.04 Å². The van der Waals surface area contributed by atoms with Crippen LogP contribution < -0.4 is 11.1 Å². The Kier molecular flexibility index (Phi) is 3.16. The molecular formula is C15H23N3. The first-order chi connectivity index (χ1) is 8.74. The molecular weight excluding hydrogens is 222 g/mol. The van der Waals surface area contributed by atoms with E-state index >= 15 is 0 Å². The molecule has 2 aliphatic rings. The Hall–Kier alpha value is -1.22. The summed E-state index contributed by atoms with van der Waals surface area (Å²) in [4.78, 5) is 2.65. The molecule has 2 atom stereocenters. The van der Waals surface area contributed by atoms with Crippen molar-refractivity contribution in [3.8, 4) is 0 Å². The third kappa shape index (κ3) is 2.19. The number of hydrogen-bond acceptors (Lipinski definition) is 3. The fourth-order valence-corrected chi connectivity index (χ4v) is 3.36. The van der Waals surface area contributed by atoms with Gasteiger partial charge in [-0.2, -0.15) is 0 Å². The molecule has 2 saturated heterocycles. The molecule has 0 aromatic heterocycles. The number of nitrogens with two attached hydrogens (primary N) is 1. The molecule has 0 radical (unpaired) electrons. The normalized spacial score (nSPS) is 28.1. The average Bonchev–Trinajstić information content (AvgIpc) is 2.78. The van der Waals surface area contributed by atoms with Crippen LogP contribution >= 0.6 is 0 Å². The molecule has 3 heteroatoms. The Morgan fingerprint density at radius 1 is 1.22 bits per heavy atom. The Labute approximate surface area is 109 Å². The van der Waals surface area contributed by atoms with Crippen molar-refractivity contribution in [3.05, 3.63) is 23.8 Å². The first-order valence-corrected chi connectivity index (χ1v) is 7.11. The van der Waals surface area contributed by atoms with Gasteiger partial charge in [-0.3, -0.25) is 4.90 Å². The molecule has 2 aliphatic heterocycles. The quantitative estimate of drug-likeness (QED) is 0.787. The van der Waals surface area contributed by atoms with Gasteiger partial charge < -0.3 is 11.1 Å². The standard InChI is InChI=1S/C15H23N3/c1-11-5-6-12(10-13(11)16)17-14-7-9-18-8-3-2-4-15(14)18/h5-6,10,14-15,17H,2-4,7-9,16H2,1H3. The summed E-state index contributed by atoms with van der Waals surface area (Å²) in [5.41, 5.74) is 9.20. The highest BCUT2D eigenvalue weighted by Gasteiger charge is 2.35. The van der Waals surface area contributed by atoms with Crippen molar-refractivity contribution in [2.24, 2.45) is 0 Å². The van der Waals surface area contributed by atoms with Crippen LogP contribution in [0.15, 0.2) is 18.2 Å². The van der Waals surface area contributed by atoms with E-state index in [1.54, 1.807) is 0 Å². The van der Waals surface area contributed by atoms with E-state index < -0.39 is 0 Å². The summed E-state index contributed by atoms with van der Waals surface area (Å²) in [6, 6.07) is 7.66. The second-order valence-electron chi connectivity index (χ2n) is 5.71. The first-order valence-electron chi connectivity index (χ1n) is 7.11. The van der Waals surface area contributed by atoms with Gasteiger partial charge >= 0.3 is 0 Å². The third-order valence-corrected chi connectivity index (χ3v) is 4.49. The van der Waals surface area contributed by atoms with Gasteiger partial charge in [-0.05, 0) is 50.4 Å². The highest BCUT2D eigenvalue weighted by molar-refractivity contribution is 5.58. The van der Waals surface area contributed by atoms with Crippen LogP contribution in [0.25, 0.3) is 0 Å². The lowest BCUT2D eigenvalue weighted by atomic mass is 9.99. The SMILES string of the molecule is Cc1ccc(NC2CCN3CCCCC23)cc1N. The van der Waals surface area contributed by atoms with Gasteiger partial charge in [0.25, 0.3) is 0 Å². The topological polar surface area (TPSA) is 41.3 Å². The van der Waals surface area contributed by atoms with E-state index in [4.69, 9.17) is 5.73 Å². The summed E-state index contributed by atoms with van der Waals surface area (Å²) >= 11 is 0. The maximum Gasteiger partial charge on any atom is 0.0429 e. The molecule has 2 unspecified atom stereocenters. The molecule has 3 nitrogen and oxygen atoms in total. The molecule has 0 bridgehead atoms. The van der Waals surface area contributed by atoms with Gasteiger partial charge in [0.05, 0.1) is 0 Å². The monoisotopic (exact) mass is 245 g/mol. The number of nitrogens with zero attached hydrogens (tertiary/aromatic N) is 1. The third-order valence-electron chi connectivity index (χ3n) is 4.49. The summed E-state index contributed by atoms with van der Waals surface area (Å²) in [6.45, 7) is 4.60. The second kappa shape index (κ2) is 4.81. The molecule has 0 amide bonds. The fourth-order valence-electron chi connectivity index (χ4n) is 3.36. The van der Waals surface area contributed by atoms with Crippen LogP contribution in [0.4, 0.5) is 11.4 Å². The van der Waals surface area contributed by atoms with Crippen molar-refractivity contribution in [3.63, 3.8) is 0 Å². The zero-order valence-corrected chi connectivity index (χ0v) is 11.2. The van der Waals surface area contributed by atoms with E-state index in [9.17, 15) is 0 Å². The van der Waals surface area contributed by atoms with Crippen molar-refractivity contribution in [1.82, 2.24) is 4.90 Å². The minimum absolute atomic E-state index is 0.604. The van der Waals surface area contributed by atoms with Crippen LogP contribution in [0.5, 0.6) is 0 Å². The van der Waals surface area contributed by atoms with Gasteiger partial charge in [-0.25, -0.2) is 0 Å². The highest BCUT2D eigenvalue weighted by Crippen LogP contribution is 2.30. The number of anilines is 2. The van der Waals surface area contributed by atoms with Gasteiger partial charge in [-0.15, -0.1) is 0 Å². The van der Waals surface area contributed by atoms with Crippen molar-refractivity contribution < 1.29 is 0 Å². The zero-order valence-electron chi connectivity index (χ0n) is 11.2. The van der Waals surface area contributed by atoms with Crippen LogP contribution in [0.2, 0.25) is 0 Å². The maximum absolute atomic E-state index is 5.98. The van der Waals surface area contributed by atoms with Crippen molar-refractivity contribution in [1.29, 1.82) is 0 Å². The van der Waals surface area contributed by atoms with E-state index in [2.05, 4.69) is 35.3 Å². The van der Waals surface area contributed by atoms with Crippen LogP contribution in [0.1, 0.15) is 31.2 Å². The van der Waals surface area contributed by atoms with E-state index in [-0.39, 0.29) is 0 Å². The summed E-state index contributed by atoms with van der Waals surface area (Å²) in [7, 11) is 0. The van der Waals surface area contributed by atoms with Gasteiger partial charge in [-0.1, -0.05) is 12.5 Å². The lowest BCUT2D eigenvalue weighted by Crippen LogP contribution is -2.41. The zero-order chi connectivity index (χ0) is 12.5. The minimum atomic E-state index is 0.604. The van der Waals surface area contributed by atoms with Crippen molar-refractivity contribution in [2.75, 3.05) is 24.1 Å². The Morgan fingerprint density at radius 3 is 2.94 bits per heavy atom. The molecule has 2 fully saturated rings. The van der Waals surface area contributed by atoms with Crippen LogP contribution in [0.3, 0.4) is 0 Å². The largest absolute Gasteiger partial charge is 0.398 e. The predicted octanol–water partition coefficient (Wildman–Crippen LogP) is 2.62. The van der Waals surface area contributed by atoms with Gasteiger partial charge in [0, 0.05) is 30.0 Å². The lowest BCUT2D eigenvalue weighted by Gasteiger charge is -2.33. The van der Waals surface area contributed by atoms with Crippen molar-refractivity contribution >= 4 is 11.4 Å². The van der Waals surface area contributed by atoms with Gasteiger partial charge in [0.15, 0.2) is 0 Å². The number of piperidine rings is 1. The number of nitrogen functional groups attached to an aromatic ring is 1. The molecule has 0 aliphatic carbocycles. The predicted molar refractivity (Wildman–Crippen MR) is 76.8 cm³/mol. The lowest BCUT2D eigenvalue weighted by molar-refractivity contribution is 0.193. The molecule has 0 spiro atoms. The van der Waals surface area contributed by atoms with Crippen molar-refractivity contribution in [2.45, 2.75) is 44.7 Å². The molecule has 1 aromatic rings. The Balaban J connectivity index is 1.70. The molecule has 2 heterocycles. The molecule has 3 N–H and O–H groups in total. The minimum Gasteiger partial charge on any atom is -0.398 e. The molecule has 18 heavy (non-hydrogen) atoms. The van der Waals surface area contributed by atoms with Gasteiger partial charge in [0.2, 0.25) is 0 Å².